The number of halogens is 7. The van der Waals surface area contributed by atoms with E-state index in [1.54, 1.807) is 0 Å². The monoisotopic (exact) mass is 402 g/mol. The Morgan fingerprint density at radius 1 is 1.19 bits per heavy atom. The van der Waals surface area contributed by atoms with Crippen molar-refractivity contribution in [2.45, 2.75) is 50.0 Å². The molecule has 26 heavy (non-hydrogen) atoms. The van der Waals surface area contributed by atoms with Gasteiger partial charge in [0.05, 0.1) is 5.75 Å². The number of rotatable bonds is 4. The Morgan fingerprint density at radius 2 is 1.85 bits per heavy atom. The zero-order valence-electron chi connectivity index (χ0n) is 14.0. The molecule has 1 saturated heterocycles. The maximum Gasteiger partial charge on any atom is 0.408 e. The predicted molar refractivity (Wildman–Crippen MR) is 86.5 cm³/mol. The Morgan fingerprint density at radius 3 is 2.42 bits per heavy atom. The van der Waals surface area contributed by atoms with Crippen LogP contribution in [0.5, 0.6) is 0 Å². The molecule has 0 aliphatic carbocycles. The van der Waals surface area contributed by atoms with Crippen molar-refractivity contribution >= 4 is 23.3 Å². The summed E-state index contributed by atoms with van der Waals surface area (Å²) in [4.78, 5) is 5.24. The van der Waals surface area contributed by atoms with Crippen LogP contribution >= 0.6 is 11.8 Å². The van der Waals surface area contributed by atoms with Crippen molar-refractivity contribution in [3.05, 3.63) is 23.5 Å². The largest absolute Gasteiger partial charge is 0.408 e. The van der Waals surface area contributed by atoms with Crippen LogP contribution in [0.1, 0.15) is 25.3 Å². The van der Waals surface area contributed by atoms with Crippen LogP contribution in [0.3, 0.4) is 0 Å². The number of aliphatic imine (C=N–C) groups is 1. The molecule has 0 amide bonds. The van der Waals surface area contributed by atoms with E-state index >= 15 is 0 Å². The second kappa shape index (κ2) is 7.66. The van der Waals surface area contributed by atoms with Crippen LogP contribution in [-0.4, -0.2) is 41.4 Å². The highest BCUT2D eigenvalue weighted by molar-refractivity contribution is 7.99. The van der Waals surface area contributed by atoms with E-state index in [1.807, 2.05) is 0 Å². The van der Waals surface area contributed by atoms with Crippen molar-refractivity contribution in [2.24, 2.45) is 4.99 Å². The molecule has 1 heterocycles. The third-order valence-electron chi connectivity index (χ3n) is 3.96. The molecule has 1 unspecified atom stereocenters. The fourth-order valence-electron chi connectivity index (χ4n) is 2.58. The van der Waals surface area contributed by atoms with Gasteiger partial charge in [-0.2, -0.15) is 26.3 Å². The van der Waals surface area contributed by atoms with Crippen LogP contribution in [0.15, 0.2) is 22.0 Å². The van der Waals surface area contributed by atoms with Crippen molar-refractivity contribution in [3.8, 4) is 0 Å². The number of hydrogen-bond acceptors (Lipinski definition) is 2. The summed E-state index contributed by atoms with van der Waals surface area (Å²) in [5.74, 6) is -1.84. The lowest BCUT2D eigenvalue weighted by Crippen LogP contribution is -2.44. The van der Waals surface area contributed by atoms with Crippen molar-refractivity contribution < 1.29 is 30.7 Å². The number of alkyl halides is 6. The Bertz CT molecular complexity index is 682. The molecule has 2 nitrogen and oxygen atoms in total. The van der Waals surface area contributed by atoms with Gasteiger partial charge in [0.15, 0.2) is 0 Å². The standard InChI is InChI=1S/C16H17F7N2S/c1-9-6-11(17)12(7-13(9)26-8-15(18,19)20)24-14-4-3-5-25(14)10(2)16(21,22)23/h6-7,10H,3-5,8H2,1-2H3. The molecule has 1 aliphatic heterocycles. The Balaban J connectivity index is 2.31. The molecular formula is C16H17F7N2S. The Labute approximate surface area is 150 Å². The summed E-state index contributed by atoms with van der Waals surface area (Å²) in [7, 11) is 0. The van der Waals surface area contributed by atoms with Crippen molar-refractivity contribution in [3.63, 3.8) is 0 Å². The summed E-state index contributed by atoms with van der Waals surface area (Å²) in [6, 6.07) is 0.435. The highest BCUT2D eigenvalue weighted by Crippen LogP contribution is 2.35. The second-order valence-corrected chi connectivity index (χ2v) is 7.03. The lowest BCUT2D eigenvalue weighted by Gasteiger charge is -2.28. The molecule has 1 aromatic carbocycles. The lowest BCUT2D eigenvalue weighted by molar-refractivity contribution is -0.167. The second-order valence-electron chi connectivity index (χ2n) is 6.02. The van der Waals surface area contributed by atoms with E-state index in [0.29, 0.717) is 23.7 Å². The van der Waals surface area contributed by atoms with Crippen molar-refractivity contribution in [1.29, 1.82) is 0 Å². The molecule has 146 valence electrons. The number of likely N-dealkylation sites (tertiary alicyclic amines) is 1. The Kier molecular flexibility index (Phi) is 6.14. The zero-order chi connectivity index (χ0) is 19.7. The number of aryl methyl sites for hydroxylation is 1. The van der Waals surface area contributed by atoms with E-state index in [4.69, 9.17) is 0 Å². The van der Waals surface area contributed by atoms with Gasteiger partial charge in [-0.1, -0.05) is 0 Å². The summed E-state index contributed by atoms with van der Waals surface area (Å²) < 4.78 is 90.2. The molecule has 10 heteroatoms. The first kappa shape index (κ1) is 20.9. The fourth-order valence-corrected chi connectivity index (χ4v) is 3.38. The summed E-state index contributed by atoms with van der Waals surface area (Å²) in [5, 5.41) is 0. The normalized spacial score (nSPS) is 18.7. The molecule has 0 bridgehead atoms. The van der Waals surface area contributed by atoms with Crippen LogP contribution in [0.25, 0.3) is 0 Å². The first-order chi connectivity index (χ1) is 11.9. The quantitative estimate of drug-likeness (QED) is 0.463. The molecule has 0 saturated carbocycles. The average molecular weight is 402 g/mol. The maximum absolute atomic E-state index is 14.1. The van der Waals surface area contributed by atoms with Gasteiger partial charge in [-0.3, -0.25) is 0 Å². The maximum atomic E-state index is 14.1. The van der Waals surface area contributed by atoms with Gasteiger partial charge in [-0.25, -0.2) is 9.38 Å². The highest BCUT2D eigenvalue weighted by atomic mass is 32.2. The highest BCUT2D eigenvalue weighted by Gasteiger charge is 2.42. The number of benzene rings is 1. The van der Waals surface area contributed by atoms with Gasteiger partial charge in [-0.15, -0.1) is 11.8 Å². The summed E-state index contributed by atoms with van der Waals surface area (Å²) >= 11 is 0.492. The molecule has 0 aromatic heterocycles. The van der Waals surface area contributed by atoms with Crippen LogP contribution < -0.4 is 0 Å². The van der Waals surface area contributed by atoms with E-state index in [2.05, 4.69) is 4.99 Å². The Hall–Kier alpha value is -1.45. The van der Waals surface area contributed by atoms with Crippen LogP contribution in [0.2, 0.25) is 0 Å². The number of nitrogens with zero attached hydrogens (tertiary/aromatic N) is 2. The van der Waals surface area contributed by atoms with Gasteiger partial charge in [-0.05, 0) is 38.0 Å². The van der Waals surface area contributed by atoms with Crippen molar-refractivity contribution in [1.82, 2.24) is 4.90 Å². The third kappa shape index (κ3) is 5.28. The van der Waals surface area contributed by atoms with E-state index in [0.717, 1.165) is 24.0 Å². The van der Waals surface area contributed by atoms with Crippen LogP contribution in [0.4, 0.5) is 36.4 Å². The molecule has 1 aliphatic rings. The first-order valence-electron chi connectivity index (χ1n) is 7.79. The SMILES string of the molecule is Cc1cc(F)c(N=C2CCCN2C(C)C(F)(F)F)cc1SCC(F)(F)F. The minimum Gasteiger partial charge on any atom is -0.348 e. The average Bonchev–Trinajstić information content (AvgIpc) is 2.94. The summed E-state index contributed by atoms with van der Waals surface area (Å²) in [6.45, 7) is 2.60. The van der Waals surface area contributed by atoms with Gasteiger partial charge in [0, 0.05) is 17.9 Å². The smallest absolute Gasteiger partial charge is 0.348 e. The molecule has 0 radical (unpaired) electrons. The van der Waals surface area contributed by atoms with Gasteiger partial charge in [0.25, 0.3) is 0 Å². The van der Waals surface area contributed by atoms with Crippen LogP contribution in [-0.2, 0) is 0 Å². The predicted octanol–water partition coefficient (Wildman–Crippen LogP) is 5.87. The third-order valence-corrected chi connectivity index (χ3v) is 5.18. The molecule has 1 aromatic rings. The zero-order valence-corrected chi connectivity index (χ0v) is 14.8. The molecule has 1 atom stereocenters. The molecule has 2 rings (SSSR count). The molecule has 0 spiro atoms. The summed E-state index contributed by atoms with van der Waals surface area (Å²) in [5.41, 5.74) is 0.0594. The van der Waals surface area contributed by atoms with Gasteiger partial charge < -0.3 is 4.90 Å². The summed E-state index contributed by atoms with van der Waals surface area (Å²) in [6.07, 6.45) is -8.15. The minimum absolute atomic E-state index is 0.0874. The molecule has 1 fully saturated rings. The first-order valence-corrected chi connectivity index (χ1v) is 8.77. The van der Waals surface area contributed by atoms with Gasteiger partial charge in [0.2, 0.25) is 0 Å². The molecular weight excluding hydrogens is 385 g/mol. The van der Waals surface area contributed by atoms with E-state index < -0.39 is 30.0 Å². The van der Waals surface area contributed by atoms with Gasteiger partial charge >= 0.3 is 12.4 Å². The van der Waals surface area contributed by atoms with Crippen LogP contribution in [0, 0.1) is 12.7 Å². The van der Waals surface area contributed by atoms with E-state index in [1.165, 1.54) is 6.92 Å². The molecule has 0 N–H and O–H groups in total. The lowest BCUT2D eigenvalue weighted by atomic mass is 10.2. The van der Waals surface area contributed by atoms with Gasteiger partial charge in [0.1, 0.15) is 23.4 Å². The number of thioether (sulfide) groups is 1. The number of amidine groups is 1. The number of hydrogen-bond donors (Lipinski definition) is 0. The minimum atomic E-state index is -4.45. The fraction of sp³-hybridized carbons (Fsp3) is 0.562. The van der Waals surface area contributed by atoms with Crippen molar-refractivity contribution in [2.75, 3.05) is 12.3 Å². The topological polar surface area (TPSA) is 15.6 Å². The van der Waals surface area contributed by atoms with E-state index in [9.17, 15) is 30.7 Å². The van der Waals surface area contributed by atoms with E-state index in [-0.39, 0.29) is 29.4 Å².